The predicted octanol–water partition coefficient (Wildman–Crippen LogP) is -0.412. The third kappa shape index (κ3) is 0.969. The van der Waals surface area contributed by atoms with Crippen LogP contribution in [0, 0.1) is 0 Å². The first-order valence-electron chi connectivity index (χ1n) is 1.80. The Hall–Kier alpha value is 0.478. The van der Waals surface area contributed by atoms with Gasteiger partial charge in [-0.25, -0.2) is 0 Å². The molecule has 6 heavy (non-hydrogen) atoms. The Morgan fingerprint density at radius 2 is 2.67 bits per heavy atom. The molecule has 1 N–H and O–H groups in total. The Kier molecular flexibility index (Phi) is 1.52. The van der Waals surface area contributed by atoms with Crippen molar-refractivity contribution < 1.29 is 24.2 Å². The van der Waals surface area contributed by atoms with E-state index in [9.17, 15) is 0 Å². The molecule has 1 heterocycles. The molecule has 0 aromatic heterocycles. The zero-order chi connectivity index (χ0) is 4.41. The summed E-state index contributed by atoms with van der Waals surface area (Å²) in [6.07, 6.45) is 1.11. The molecule has 1 rings (SSSR count). The van der Waals surface area contributed by atoms with Gasteiger partial charge in [-0.05, 0) is 0 Å². The van der Waals surface area contributed by atoms with Gasteiger partial charge in [-0.2, -0.15) is 0 Å². The van der Waals surface area contributed by atoms with Gasteiger partial charge >= 0.3 is 46.7 Å². The van der Waals surface area contributed by atoms with E-state index in [1.165, 1.54) is 23.4 Å². The minimum atomic E-state index is 0.860. The van der Waals surface area contributed by atoms with Crippen molar-refractivity contribution in [3.63, 3.8) is 0 Å². The SMILES string of the molecule is [W]=[C]1CCON1. The van der Waals surface area contributed by atoms with Crippen molar-refractivity contribution in [2.24, 2.45) is 0 Å². The monoisotopic (exact) mass is 255 g/mol. The molecular formula is C3H5NOW. The Morgan fingerprint density at radius 1 is 1.83 bits per heavy atom. The second-order valence-electron chi connectivity index (χ2n) is 1.12. The summed E-state index contributed by atoms with van der Waals surface area (Å²) in [6, 6.07) is 0. The van der Waals surface area contributed by atoms with Crippen molar-refractivity contribution in [1.29, 1.82) is 0 Å². The van der Waals surface area contributed by atoms with Crippen LogP contribution >= 0.6 is 0 Å². The van der Waals surface area contributed by atoms with Gasteiger partial charge in [-0.1, -0.05) is 0 Å². The van der Waals surface area contributed by atoms with Crippen LogP contribution in [0.2, 0.25) is 0 Å². The molecule has 2 nitrogen and oxygen atoms in total. The number of hydrogen-bond acceptors (Lipinski definition) is 2. The van der Waals surface area contributed by atoms with Crippen LogP contribution in [0.15, 0.2) is 0 Å². The molecule has 1 aliphatic heterocycles. The Balaban J connectivity index is 2.37. The zero-order valence-electron chi connectivity index (χ0n) is 3.23. The van der Waals surface area contributed by atoms with Gasteiger partial charge in [0.05, 0.1) is 0 Å². The van der Waals surface area contributed by atoms with Crippen molar-refractivity contribution in [2.75, 3.05) is 6.61 Å². The summed E-state index contributed by atoms with van der Waals surface area (Å²) in [7, 11) is 0. The topological polar surface area (TPSA) is 21.3 Å². The van der Waals surface area contributed by atoms with E-state index in [-0.39, 0.29) is 0 Å². The number of nitrogens with one attached hydrogen (secondary N) is 1. The molecule has 1 saturated heterocycles. The molecule has 0 spiro atoms. The molecule has 0 aromatic rings. The van der Waals surface area contributed by atoms with E-state index < -0.39 is 0 Å². The van der Waals surface area contributed by atoms with Crippen molar-refractivity contribution in [1.82, 2.24) is 5.48 Å². The van der Waals surface area contributed by atoms with Crippen molar-refractivity contribution in [2.45, 2.75) is 6.42 Å². The van der Waals surface area contributed by atoms with E-state index in [2.05, 4.69) is 5.48 Å². The van der Waals surface area contributed by atoms with Crippen LogP contribution in [0.5, 0.6) is 0 Å². The normalized spacial score (nSPS) is 22.3. The first kappa shape index (κ1) is 4.63. The van der Waals surface area contributed by atoms with E-state index in [0.717, 1.165) is 13.0 Å². The van der Waals surface area contributed by atoms with Crippen LogP contribution in [-0.4, -0.2) is 10.6 Å². The standard InChI is InChI=1S/C3H5NO.W/c1-2-4-5-3-1;/h4H,1,3H2;. The molecule has 3 heteroatoms. The van der Waals surface area contributed by atoms with Gasteiger partial charge < -0.3 is 0 Å². The van der Waals surface area contributed by atoms with Crippen LogP contribution < -0.4 is 5.48 Å². The summed E-state index contributed by atoms with van der Waals surface area (Å²) in [4.78, 5) is 4.79. The van der Waals surface area contributed by atoms with E-state index in [1.807, 2.05) is 0 Å². The molecule has 0 atom stereocenters. The van der Waals surface area contributed by atoms with Crippen LogP contribution in [-0.2, 0) is 24.2 Å². The fraction of sp³-hybridized carbons (Fsp3) is 0.667. The van der Waals surface area contributed by atoms with Crippen molar-refractivity contribution >= 4 is 4.02 Å². The van der Waals surface area contributed by atoms with Crippen LogP contribution in [0.4, 0.5) is 0 Å². The van der Waals surface area contributed by atoms with E-state index in [4.69, 9.17) is 4.84 Å². The summed E-state index contributed by atoms with van der Waals surface area (Å²) in [5.74, 6) is 0. The second kappa shape index (κ2) is 1.96. The van der Waals surface area contributed by atoms with Crippen LogP contribution in [0.3, 0.4) is 0 Å². The molecule has 0 aliphatic carbocycles. The van der Waals surface area contributed by atoms with Crippen molar-refractivity contribution in [3.05, 3.63) is 0 Å². The third-order valence-corrected chi connectivity index (χ3v) is 1.65. The predicted molar refractivity (Wildman–Crippen MR) is 18.7 cm³/mol. The summed E-state index contributed by atoms with van der Waals surface area (Å²) in [5.41, 5.74) is 2.77. The molecular weight excluding hydrogens is 250 g/mol. The van der Waals surface area contributed by atoms with E-state index in [0.29, 0.717) is 0 Å². The third-order valence-electron chi connectivity index (χ3n) is 0.617. The number of hydrogen-bond donors (Lipinski definition) is 1. The van der Waals surface area contributed by atoms with Gasteiger partial charge in [-0.3, -0.25) is 0 Å². The molecule has 1 aliphatic rings. The average molecular weight is 255 g/mol. The maximum atomic E-state index is 4.79. The second-order valence-corrected chi connectivity index (χ2v) is 2.89. The average Bonchev–Trinajstić information content (AvgIpc) is 1.86. The van der Waals surface area contributed by atoms with Gasteiger partial charge in [-0.15, -0.1) is 0 Å². The minimum absolute atomic E-state index is 0.860. The zero-order valence-corrected chi connectivity index (χ0v) is 6.16. The number of rotatable bonds is 0. The fourth-order valence-electron chi connectivity index (χ4n) is 0.326. The first-order chi connectivity index (χ1) is 2.89. The summed E-state index contributed by atoms with van der Waals surface area (Å²) in [6.45, 7) is 0.860. The van der Waals surface area contributed by atoms with Gasteiger partial charge in [0.1, 0.15) is 0 Å². The van der Waals surface area contributed by atoms with Crippen LogP contribution in [0.1, 0.15) is 6.42 Å². The van der Waals surface area contributed by atoms with Crippen LogP contribution in [0.25, 0.3) is 0 Å². The maximum absolute atomic E-state index is 4.79. The summed E-state index contributed by atoms with van der Waals surface area (Å²) < 4.78 is 1.31. The van der Waals surface area contributed by atoms with Gasteiger partial charge in [0.25, 0.3) is 0 Å². The molecule has 34 valence electrons. The van der Waals surface area contributed by atoms with Gasteiger partial charge in [0, 0.05) is 0 Å². The Labute approximate surface area is 47.2 Å². The van der Waals surface area contributed by atoms with Gasteiger partial charge in [0.2, 0.25) is 0 Å². The van der Waals surface area contributed by atoms with Crippen molar-refractivity contribution in [3.8, 4) is 0 Å². The Bertz CT molecular complexity index is 65.2. The molecule has 0 saturated carbocycles. The number of hydroxylamine groups is 1. The Morgan fingerprint density at radius 3 is 2.83 bits per heavy atom. The van der Waals surface area contributed by atoms with E-state index in [1.54, 1.807) is 0 Å². The van der Waals surface area contributed by atoms with E-state index >= 15 is 0 Å². The fourth-order valence-corrected chi connectivity index (χ4v) is 0.837. The molecule has 0 bridgehead atoms. The molecule has 1 fully saturated rings. The molecule has 0 unspecified atom stereocenters. The van der Waals surface area contributed by atoms with Gasteiger partial charge in [0.15, 0.2) is 0 Å². The molecule has 0 amide bonds. The quantitative estimate of drug-likeness (QED) is 0.635. The molecule has 0 radical (unpaired) electrons. The molecule has 0 aromatic carbocycles. The first-order valence-corrected chi connectivity index (χ1v) is 3.27. The summed E-state index contributed by atoms with van der Waals surface area (Å²) >= 11 is 1.49. The summed E-state index contributed by atoms with van der Waals surface area (Å²) in [5, 5.41) is 0.